The molecule has 2 unspecified atom stereocenters. The largest absolute Gasteiger partial charge is 0.456 e. The minimum atomic E-state index is 0.101. The van der Waals surface area contributed by atoms with Gasteiger partial charge in [0.15, 0.2) is 11.6 Å². The molecule has 51 heavy (non-hydrogen) atoms. The molecule has 0 spiro atoms. The topological polar surface area (TPSA) is 60.0 Å². The van der Waals surface area contributed by atoms with Crippen molar-refractivity contribution in [2.24, 2.45) is 0 Å². The molecule has 4 heterocycles. The maximum atomic E-state index is 6.84. The molecule has 0 saturated heterocycles. The molecule has 0 bridgehead atoms. The van der Waals surface area contributed by atoms with E-state index in [0.717, 1.165) is 49.7 Å². The fraction of sp³-hybridized carbons (Fsp3) is 0.0444. The van der Waals surface area contributed by atoms with Crippen LogP contribution in [0.15, 0.2) is 162 Å². The number of aromatic nitrogens is 4. The van der Waals surface area contributed by atoms with Crippen LogP contribution in [0.5, 0.6) is 0 Å². The Labute approximate surface area is 293 Å². The van der Waals surface area contributed by atoms with Crippen molar-refractivity contribution in [2.75, 3.05) is 4.90 Å². The molecule has 0 fully saturated rings. The van der Waals surface area contributed by atoms with Gasteiger partial charge in [-0.25, -0.2) is 4.98 Å². The second kappa shape index (κ2) is 10.9. The molecule has 0 radical (unpaired) electrons. The lowest BCUT2D eigenvalue weighted by Crippen LogP contribution is -2.30. The number of anilines is 2. The van der Waals surface area contributed by atoms with Crippen molar-refractivity contribution in [3.05, 3.63) is 175 Å². The van der Waals surface area contributed by atoms with Crippen LogP contribution in [0.1, 0.15) is 22.8 Å². The molecule has 11 rings (SSSR count). The fourth-order valence-corrected chi connectivity index (χ4v) is 8.29. The van der Waals surface area contributed by atoms with Crippen LogP contribution in [0.2, 0.25) is 0 Å². The van der Waals surface area contributed by atoms with E-state index in [1.165, 1.54) is 22.5 Å². The van der Waals surface area contributed by atoms with Gasteiger partial charge in [0.1, 0.15) is 11.3 Å². The highest BCUT2D eigenvalue weighted by Gasteiger charge is 2.43. The Morgan fingerprint density at radius 2 is 1.20 bits per heavy atom. The molecule has 0 N–H and O–H groups in total. The van der Waals surface area contributed by atoms with Gasteiger partial charge >= 0.3 is 0 Å². The summed E-state index contributed by atoms with van der Waals surface area (Å²) >= 11 is 0. The Morgan fingerprint density at radius 3 is 1.98 bits per heavy atom. The standard InChI is InChI=1S/C45H29N5O/c1-3-14-28(15-4-1)43-46-44(48-45(47-43)50-35-23-10-7-18-30(35)31-19-8-11-24-36(31)50)34-22-13-21-33-41-39(51-42(33)34)27-26-38-40(41)32-20-9-12-25-37(32)49(38)29-16-5-2-6-17-29/h1-27,38,40H. The van der Waals surface area contributed by atoms with Crippen LogP contribution in [0.3, 0.4) is 0 Å². The van der Waals surface area contributed by atoms with Crippen molar-refractivity contribution in [1.29, 1.82) is 0 Å². The molecular formula is C45H29N5O. The molecule has 1 aliphatic heterocycles. The predicted molar refractivity (Wildman–Crippen MR) is 204 cm³/mol. The van der Waals surface area contributed by atoms with Crippen LogP contribution in [0, 0.1) is 0 Å². The molecule has 6 heteroatoms. The molecule has 2 aliphatic rings. The molecule has 0 amide bonds. The van der Waals surface area contributed by atoms with Crippen molar-refractivity contribution >= 4 is 50.2 Å². The van der Waals surface area contributed by atoms with Crippen molar-refractivity contribution in [2.45, 2.75) is 12.0 Å². The zero-order chi connectivity index (χ0) is 33.5. The Bertz CT molecular complexity index is 2780. The van der Waals surface area contributed by atoms with Crippen molar-refractivity contribution < 1.29 is 4.42 Å². The van der Waals surface area contributed by atoms with E-state index in [1.54, 1.807) is 0 Å². The summed E-state index contributed by atoms with van der Waals surface area (Å²) < 4.78 is 8.99. The van der Waals surface area contributed by atoms with Gasteiger partial charge in [0.2, 0.25) is 5.95 Å². The van der Waals surface area contributed by atoms with Gasteiger partial charge in [-0.1, -0.05) is 121 Å². The monoisotopic (exact) mass is 655 g/mol. The average Bonchev–Trinajstić information content (AvgIpc) is 3.86. The van der Waals surface area contributed by atoms with Crippen molar-refractivity contribution in [3.8, 4) is 28.7 Å². The van der Waals surface area contributed by atoms with Gasteiger partial charge in [-0.2, -0.15) is 9.97 Å². The lowest BCUT2D eigenvalue weighted by molar-refractivity contribution is 0.584. The van der Waals surface area contributed by atoms with Crippen molar-refractivity contribution in [3.63, 3.8) is 0 Å². The van der Waals surface area contributed by atoms with E-state index in [2.05, 4.69) is 143 Å². The van der Waals surface area contributed by atoms with Gasteiger partial charge in [0, 0.05) is 44.6 Å². The van der Waals surface area contributed by atoms with E-state index < -0.39 is 0 Å². The normalized spacial score (nSPS) is 16.1. The lowest BCUT2D eigenvalue weighted by Gasteiger charge is -2.30. The van der Waals surface area contributed by atoms with Gasteiger partial charge < -0.3 is 9.32 Å². The first-order valence-electron chi connectivity index (χ1n) is 17.3. The highest BCUT2D eigenvalue weighted by molar-refractivity contribution is 6.09. The SMILES string of the molecule is C1=CC2C(c3ccccc3N2c2ccccc2)c2c1oc1c(-c3nc(-c4ccccc4)nc(-n4c5ccccc5c5ccccc54)n3)cccc21. The highest BCUT2D eigenvalue weighted by Crippen LogP contribution is 2.54. The second-order valence-corrected chi connectivity index (χ2v) is 13.2. The minimum Gasteiger partial charge on any atom is -0.456 e. The van der Waals surface area contributed by atoms with Gasteiger partial charge in [-0.3, -0.25) is 4.57 Å². The summed E-state index contributed by atoms with van der Waals surface area (Å²) in [6, 6.07) is 52.9. The molecule has 6 aromatic carbocycles. The number of furan rings is 1. The van der Waals surface area contributed by atoms with E-state index in [-0.39, 0.29) is 12.0 Å². The maximum Gasteiger partial charge on any atom is 0.238 e. The van der Waals surface area contributed by atoms with Crippen LogP contribution in [-0.4, -0.2) is 25.6 Å². The predicted octanol–water partition coefficient (Wildman–Crippen LogP) is 10.7. The number of hydrogen-bond acceptors (Lipinski definition) is 5. The van der Waals surface area contributed by atoms with Crippen LogP contribution in [0.4, 0.5) is 11.4 Å². The first kappa shape index (κ1) is 28.1. The molecular weight excluding hydrogens is 627 g/mol. The Hall–Kier alpha value is -6.79. The molecule has 2 atom stereocenters. The van der Waals surface area contributed by atoms with Gasteiger partial charge in [-0.15, -0.1) is 0 Å². The number of para-hydroxylation sites is 5. The summed E-state index contributed by atoms with van der Waals surface area (Å²) in [5.74, 6) is 2.71. The average molecular weight is 656 g/mol. The molecule has 240 valence electrons. The summed E-state index contributed by atoms with van der Waals surface area (Å²) in [7, 11) is 0. The van der Waals surface area contributed by atoms with E-state index >= 15 is 0 Å². The highest BCUT2D eigenvalue weighted by atomic mass is 16.3. The van der Waals surface area contributed by atoms with Crippen LogP contribution in [-0.2, 0) is 0 Å². The fourth-order valence-electron chi connectivity index (χ4n) is 8.29. The summed E-state index contributed by atoms with van der Waals surface area (Å²) in [6.07, 6.45) is 4.44. The summed E-state index contributed by atoms with van der Waals surface area (Å²) in [5, 5.41) is 3.38. The molecule has 0 saturated carbocycles. The van der Waals surface area contributed by atoms with E-state index in [9.17, 15) is 0 Å². The smallest absolute Gasteiger partial charge is 0.238 e. The minimum absolute atomic E-state index is 0.101. The second-order valence-electron chi connectivity index (χ2n) is 13.2. The number of hydrogen-bond donors (Lipinski definition) is 0. The first-order valence-corrected chi connectivity index (χ1v) is 17.3. The third-order valence-electron chi connectivity index (χ3n) is 10.4. The van der Waals surface area contributed by atoms with E-state index in [4.69, 9.17) is 19.4 Å². The molecule has 1 aliphatic carbocycles. The maximum absolute atomic E-state index is 6.84. The van der Waals surface area contributed by atoms with Crippen LogP contribution < -0.4 is 4.90 Å². The number of nitrogens with zero attached hydrogens (tertiary/aromatic N) is 5. The summed E-state index contributed by atoms with van der Waals surface area (Å²) in [6.45, 7) is 0. The summed E-state index contributed by atoms with van der Waals surface area (Å²) in [4.78, 5) is 17.9. The third-order valence-corrected chi connectivity index (χ3v) is 10.4. The Kier molecular flexibility index (Phi) is 5.98. The van der Waals surface area contributed by atoms with Crippen LogP contribution in [0.25, 0.3) is 67.6 Å². The Morgan fingerprint density at radius 1 is 0.549 bits per heavy atom. The quantitative estimate of drug-likeness (QED) is 0.189. The molecule has 3 aromatic heterocycles. The van der Waals surface area contributed by atoms with E-state index in [1.807, 2.05) is 30.3 Å². The number of fused-ring (bicyclic) bond motifs is 10. The lowest BCUT2D eigenvalue weighted by atomic mass is 9.82. The number of benzene rings is 6. The van der Waals surface area contributed by atoms with Crippen LogP contribution >= 0.6 is 0 Å². The third kappa shape index (κ3) is 4.14. The molecule has 9 aromatic rings. The summed E-state index contributed by atoms with van der Waals surface area (Å²) in [5.41, 5.74) is 9.51. The Balaban J connectivity index is 1.14. The van der Waals surface area contributed by atoms with Gasteiger partial charge in [0.05, 0.1) is 22.6 Å². The van der Waals surface area contributed by atoms with E-state index in [0.29, 0.717) is 17.6 Å². The zero-order valence-electron chi connectivity index (χ0n) is 27.4. The number of rotatable bonds is 4. The van der Waals surface area contributed by atoms with Gasteiger partial charge in [0.25, 0.3) is 0 Å². The first-order chi connectivity index (χ1) is 25.3. The van der Waals surface area contributed by atoms with Crippen molar-refractivity contribution in [1.82, 2.24) is 19.5 Å². The zero-order valence-corrected chi connectivity index (χ0v) is 27.4. The van der Waals surface area contributed by atoms with Gasteiger partial charge in [-0.05, 0) is 48.0 Å². The molecule has 6 nitrogen and oxygen atoms in total.